The number of unbranched alkanes of at least 4 members (excludes halogenated alkanes) is 6. The van der Waals surface area contributed by atoms with Crippen molar-refractivity contribution in [2.75, 3.05) is 11.5 Å². The van der Waals surface area contributed by atoms with E-state index in [9.17, 15) is 0 Å². The van der Waals surface area contributed by atoms with Crippen LogP contribution < -0.4 is 0 Å². The van der Waals surface area contributed by atoms with Crippen LogP contribution in [0.2, 0.25) is 0 Å². The van der Waals surface area contributed by atoms with Gasteiger partial charge in [-0.1, -0.05) is 106 Å². The van der Waals surface area contributed by atoms with E-state index in [1.165, 1.54) is 51.4 Å². The number of hydrogen-bond donors (Lipinski definition) is 0. The predicted molar refractivity (Wildman–Crippen MR) is 110 cm³/mol. The molecule has 0 amide bonds. The average Bonchev–Trinajstić information content (AvgIpc) is 2.43. The van der Waals surface area contributed by atoms with Crippen molar-refractivity contribution >= 4 is 49.2 Å². The molecule has 0 aromatic heterocycles. The Morgan fingerprint density at radius 2 is 0.810 bits per heavy atom. The molecule has 0 nitrogen and oxygen atoms in total. The summed E-state index contributed by atoms with van der Waals surface area (Å²) < 4.78 is 0. The number of hydrogen-bond acceptors (Lipinski definition) is 2. The third-order valence-electron chi connectivity index (χ3n) is 2.00. The smallest absolute Gasteiger partial charge is 0.793 e. The van der Waals surface area contributed by atoms with Gasteiger partial charge in [0.1, 0.15) is 0 Å². The Labute approximate surface area is 165 Å². The van der Waals surface area contributed by atoms with Gasteiger partial charge in [0.15, 0.2) is 0 Å². The van der Waals surface area contributed by atoms with Gasteiger partial charge in [-0.25, -0.2) is 0 Å². The zero-order valence-electron chi connectivity index (χ0n) is 15.2. The molecule has 128 valence electrons. The van der Waals surface area contributed by atoms with Gasteiger partial charge in [-0.05, 0) is 0 Å². The first-order valence-electron chi connectivity index (χ1n) is 8.41. The van der Waals surface area contributed by atoms with Crippen LogP contribution in [0.25, 0.3) is 0 Å². The second-order valence-electron chi connectivity index (χ2n) is 4.53. The molecule has 0 rings (SSSR count). The maximum Gasteiger partial charge on any atom is 2.00 e. The number of rotatable bonds is 8. The fourth-order valence-electron chi connectivity index (χ4n) is 1.06. The molecule has 0 saturated carbocycles. The third-order valence-corrected chi connectivity index (χ3v) is 2.57. The van der Waals surface area contributed by atoms with Gasteiger partial charge in [-0.15, -0.1) is 0 Å². The van der Waals surface area contributed by atoms with E-state index in [0.717, 1.165) is 24.3 Å². The van der Waals surface area contributed by atoms with Gasteiger partial charge in [-0.3, -0.25) is 0 Å². The fourth-order valence-corrected chi connectivity index (χ4v) is 1.47. The van der Waals surface area contributed by atoms with E-state index >= 15 is 0 Å². The van der Waals surface area contributed by atoms with E-state index in [4.69, 9.17) is 25.3 Å². The average molecular weight is 439 g/mol. The van der Waals surface area contributed by atoms with Crippen molar-refractivity contribution in [3.05, 3.63) is 13.8 Å². The molecule has 21 heavy (non-hydrogen) atoms. The maximum absolute atomic E-state index is 4.77. The van der Waals surface area contributed by atoms with E-state index in [1.807, 2.05) is 13.8 Å². The van der Waals surface area contributed by atoms with Gasteiger partial charge in [-0.2, -0.15) is 11.5 Å². The first-order valence-corrected chi connectivity index (χ1v) is 9.56. The van der Waals surface area contributed by atoms with Crippen LogP contribution in [0.1, 0.15) is 91.9 Å². The monoisotopic (exact) mass is 440 g/mol. The third kappa shape index (κ3) is 90.6. The SMILES string of the molecule is CCCCCC[S-].CCCCCC[S-].[CH2]CC.[CH2]CC.[Sn+2]. The summed E-state index contributed by atoms with van der Waals surface area (Å²) in [5, 5.41) is 0. The zero-order chi connectivity index (χ0) is 16.5. The molecule has 0 heterocycles. The molecule has 0 bridgehead atoms. The second kappa shape index (κ2) is 49.6. The summed E-state index contributed by atoms with van der Waals surface area (Å²) in [4.78, 5) is 0. The summed E-state index contributed by atoms with van der Waals surface area (Å²) in [7, 11) is 0. The molecule has 0 fully saturated rings. The second-order valence-corrected chi connectivity index (χ2v) is 5.35. The van der Waals surface area contributed by atoms with Crippen molar-refractivity contribution in [3.63, 3.8) is 0 Å². The standard InChI is InChI=1S/2C6H14S.2C3H7.Sn/c2*1-2-3-4-5-6-7;2*1-3-2;/h2*7H,2-6H2,1H3;2*1,3H2,2H3;/q;;;;+2/p-2. The minimum atomic E-state index is 0. The van der Waals surface area contributed by atoms with Gasteiger partial charge in [0.25, 0.3) is 0 Å². The van der Waals surface area contributed by atoms with Crippen molar-refractivity contribution in [3.8, 4) is 0 Å². The molecule has 0 aliphatic heterocycles. The van der Waals surface area contributed by atoms with E-state index in [2.05, 4.69) is 27.7 Å². The van der Waals surface area contributed by atoms with Crippen molar-refractivity contribution < 1.29 is 0 Å². The summed E-state index contributed by atoms with van der Waals surface area (Å²) in [6, 6.07) is 0. The summed E-state index contributed by atoms with van der Waals surface area (Å²) in [6.07, 6.45) is 12.5. The van der Waals surface area contributed by atoms with Gasteiger partial charge in [0.2, 0.25) is 0 Å². The molecule has 0 aromatic rings. The van der Waals surface area contributed by atoms with Crippen molar-refractivity contribution in [1.82, 2.24) is 0 Å². The van der Waals surface area contributed by atoms with Crippen LogP contribution in [0.5, 0.6) is 0 Å². The Bertz CT molecular complexity index is 81.2. The van der Waals surface area contributed by atoms with Gasteiger partial charge < -0.3 is 25.3 Å². The minimum absolute atomic E-state index is 0. The summed E-state index contributed by atoms with van der Waals surface area (Å²) in [6.45, 7) is 15.4. The molecular weight excluding hydrogens is 399 g/mol. The Kier molecular flexibility index (Phi) is 80.2. The molecular formula is C18H40S2Sn. The molecule has 0 spiro atoms. The molecule has 0 aliphatic carbocycles. The Morgan fingerprint density at radius 3 is 0.952 bits per heavy atom. The Morgan fingerprint density at radius 1 is 0.571 bits per heavy atom. The van der Waals surface area contributed by atoms with Crippen LogP contribution in [0.15, 0.2) is 0 Å². The van der Waals surface area contributed by atoms with Gasteiger partial charge in [0, 0.05) is 0 Å². The van der Waals surface area contributed by atoms with E-state index < -0.39 is 0 Å². The summed E-state index contributed by atoms with van der Waals surface area (Å²) in [5.74, 6) is 1.89. The van der Waals surface area contributed by atoms with E-state index in [1.54, 1.807) is 0 Å². The van der Waals surface area contributed by atoms with Crippen molar-refractivity contribution in [2.24, 2.45) is 0 Å². The molecule has 0 unspecified atom stereocenters. The molecule has 0 N–H and O–H groups in total. The van der Waals surface area contributed by atoms with Crippen LogP contribution in [0.4, 0.5) is 0 Å². The molecule has 0 aromatic carbocycles. The van der Waals surface area contributed by atoms with Crippen LogP contribution in [0, 0.1) is 13.8 Å². The van der Waals surface area contributed by atoms with E-state index in [0.29, 0.717) is 0 Å². The van der Waals surface area contributed by atoms with Crippen molar-refractivity contribution in [1.29, 1.82) is 0 Å². The molecule has 4 radical (unpaired) electrons. The van der Waals surface area contributed by atoms with Crippen LogP contribution in [0.3, 0.4) is 0 Å². The van der Waals surface area contributed by atoms with Crippen LogP contribution in [-0.4, -0.2) is 35.4 Å². The molecule has 0 aliphatic rings. The van der Waals surface area contributed by atoms with Crippen molar-refractivity contribution in [2.45, 2.75) is 91.9 Å². The van der Waals surface area contributed by atoms with Crippen LogP contribution in [-0.2, 0) is 25.3 Å². The molecule has 0 saturated heterocycles. The molecule has 3 heteroatoms. The normalized spacial score (nSPS) is 8.00. The molecule has 0 atom stereocenters. The minimum Gasteiger partial charge on any atom is -0.793 e. The first-order chi connectivity index (χ1) is 9.66. The largest absolute Gasteiger partial charge is 2.00 e. The fraction of sp³-hybridized carbons (Fsp3) is 0.889. The summed E-state index contributed by atoms with van der Waals surface area (Å²) >= 11 is 9.53. The first kappa shape index (κ1) is 34.0. The summed E-state index contributed by atoms with van der Waals surface area (Å²) in [5.41, 5.74) is 0. The van der Waals surface area contributed by atoms with Gasteiger partial charge in [0.05, 0.1) is 0 Å². The predicted octanol–water partition coefficient (Wildman–Crippen LogP) is 6.31. The Hall–Kier alpha value is 1.50. The van der Waals surface area contributed by atoms with Crippen LogP contribution >= 0.6 is 0 Å². The van der Waals surface area contributed by atoms with E-state index in [-0.39, 0.29) is 23.9 Å². The quantitative estimate of drug-likeness (QED) is 0.247. The Balaban J connectivity index is -0.0000000576. The maximum atomic E-state index is 4.77. The topological polar surface area (TPSA) is 0 Å². The van der Waals surface area contributed by atoms with Gasteiger partial charge >= 0.3 is 23.9 Å². The zero-order valence-corrected chi connectivity index (χ0v) is 19.7.